The summed E-state index contributed by atoms with van der Waals surface area (Å²) >= 11 is 0. The van der Waals surface area contributed by atoms with Crippen LogP contribution in [0.15, 0.2) is 95.7 Å². The first-order chi connectivity index (χ1) is 23.2. The normalized spacial score (nSPS) is 12.5. The number of nitrogens with one attached hydrogen (secondary N) is 2. The molecule has 0 aliphatic carbocycles. The zero-order valence-corrected chi connectivity index (χ0v) is 27.1. The number of carbonyl (C=O) groups is 2. The highest BCUT2D eigenvalue weighted by atomic mass is 19.1. The van der Waals surface area contributed by atoms with Crippen molar-refractivity contribution in [3.05, 3.63) is 125 Å². The van der Waals surface area contributed by atoms with Gasteiger partial charge in [0.05, 0.1) is 18.3 Å². The van der Waals surface area contributed by atoms with Crippen molar-refractivity contribution in [2.75, 3.05) is 19.6 Å². The van der Waals surface area contributed by atoms with E-state index in [0.717, 1.165) is 35.2 Å². The molecule has 5 aromatic rings. The van der Waals surface area contributed by atoms with E-state index in [0.29, 0.717) is 30.8 Å². The van der Waals surface area contributed by atoms with Crippen LogP contribution in [0, 0.1) is 11.6 Å². The first-order valence-corrected chi connectivity index (χ1v) is 16.2. The summed E-state index contributed by atoms with van der Waals surface area (Å²) < 4.78 is 33.7. The van der Waals surface area contributed by atoms with Crippen LogP contribution in [0.4, 0.5) is 8.78 Å². The maximum atomic E-state index is 14.1. The number of amides is 2. The number of nitrogens with zero attached hydrogens (tertiary/aromatic N) is 2. The molecule has 0 spiro atoms. The summed E-state index contributed by atoms with van der Waals surface area (Å²) in [5.74, 6) is -2.09. The summed E-state index contributed by atoms with van der Waals surface area (Å²) in [5, 5.41) is 19.6. The number of aliphatic hydroxyl groups excluding tert-OH is 1. The zero-order valence-electron chi connectivity index (χ0n) is 27.1. The van der Waals surface area contributed by atoms with E-state index < -0.39 is 29.7 Å². The summed E-state index contributed by atoms with van der Waals surface area (Å²) in [4.78, 5) is 33.4. The van der Waals surface area contributed by atoms with Gasteiger partial charge >= 0.3 is 0 Å². The van der Waals surface area contributed by atoms with Gasteiger partial charge in [0, 0.05) is 48.9 Å². The van der Waals surface area contributed by atoms with E-state index in [9.17, 15) is 23.5 Å². The van der Waals surface area contributed by atoms with Crippen molar-refractivity contribution >= 4 is 22.6 Å². The smallest absolute Gasteiger partial charge is 0.253 e. The summed E-state index contributed by atoms with van der Waals surface area (Å²) in [7, 11) is 0. The average Bonchev–Trinajstić information content (AvgIpc) is 3.62. The van der Waals surface area contributed by atoms with Gasteiger partial charge in [-0.15, -0.1) is 0 Å². The van der Waals surface area contributed by atoms with Crippen LogP contribution < -0.4 is 10.6 Å². The Morgan fingerprint density at radius 1 is 0.875 bits per heavy atom. The maximum absolute atomic E-state index is 14.1. The van der Waals surface area contributed by atoms with Crippen molar-refractivity contribution in [3.63, 3.8) is 0 Å². The molecule has 0 radical (unpaired) electrons. The second-order valence-corrected chi connectivity index (χ2v) is 11.9. The molecule has 5 rings (SSSR count). The van der Waals surface area contributed by atoms with E-state index >= 15 is 0 Å². The minimum absolute atomic E-state index is 0.0504. The number of carbonyl (C=O) groups excluding carboxylic acids is 2. The van der Waals surface area contributed by atoms with Gasteiger partial charge in [-0.3, -0.25) is 9.59 Å². The SMILES string of the molecule is CCCN(CCC)C(=O)c1cc(C(=O)N[C@@H](Cc2cc(F)cc(F)c2)[C@H](O)CNCc2ccc3ccccc3c2)cc(-c2ncco2)c1. The van der Waals surface area contributed by atoms with Gasteiger partial charge < -0.3 is 25.1 Å². The number of hydrogen-bond acceptors (Lipinski definition) is 6. The quantitative estimate of drug-likeness (QED) is 0.119. The van der Waals surface area contributed by atoms with Crippen molar-refractivity contribution in [1.82, 2.24) is 20.5 Å². The van der Waals surface area contributed by atoms with Crippen LogP contribution in [0.1, 0.15) is 58.5 Å². The molecule has 2 atom stereocenters. The fourth-order valence-corrected chi connectivity index (χ4v) is 5.78. The summed E-state index contributed by atoms with van der Waals surface area (Å²) in [6.07, 6.45) is 3.23. The number of fused-ring (bicyclic) bond motifs is 1. The molecule has 0 saturated carbocycles. The Labute approximate surface area is 278 Å². The summed E-state index contributed by atoms with van der Waals surface area (Å²) in [5.41, 5.74) is 2.15. The molecule has 0 aliphatic rings. The topological polar surface area (TPSA) is 108 Å². The molecular formula is C38H40F2N4O4. The fourth-order valence-electron chi connectivity index (χ4n) is 5.78. The average molecular weight is 655 g/mol. The van der Waals surface area contributed by atoms with E-state index in [1.165, 1.54) is 30.7 Å². The minimum atomic E-state index is -1.14. The van der Waals surface area contributed by atoms with Gasteiger partial charge in [-0.1, -0.05) is 50.2 Å². The standard InChI is InChI=1S/C38H40F2N4O4/c1-3-12-44(13-4-2)38(47)31-20-29(19-30(21-31)37-42-11-14-48-37)36(46)43-34(18-26-16-32(39)22-33(40)17-26)35(45)24-41-23-25-9-10-27-7-5-6-8-28(27)15-25/h5-11,14-17,19-22,34-35,41,45H,3-4,12-13,18,23-24H2,1-2H3,(H,43,46)/t34-,35+/m0/s1. The predicted molar refractivity (Wildman–Crippen MR) is 181 cm³/mol. The number of oxazole rings is 1. The van der Waals surface area contributed by atoms with E-state index in [4.69, 9.17) is 4.42 Å². The Morgan fingerprint density at radius 3 is 2.27 bits per heavy atom. The molecule has 3 N–H and O–H groups in total. The van der Waals surface area contributed by atoms with Gasteiger partial charge in [0.2, 0.25) is 5.89 Å². The van der Waals surface area contributed by atoms with Crippen LogP contribution in [0.2, 0.25) is 0 Å². The third-order valence-electron chi connectivity index (χ3n) is 8.05. The lowest BCUT2D eigenvalue weighted by Gasteiger charge is -2.25. The highest BCUT2D eigenvalue weighted by Gasteiger charge is 2.25. The van der Waals surface area contributed by atoms with Gasteiger partial charge in [0.1, 0.15) is 17.9 Å². The lowest BCUT2D eigenvalue weighted by Crippen LogP contribution is -2.48. The lowest BCUT2D eigenvalue weighted by atomic mass is 9.99. The molecule has 1 aromatic heterocycles. The van der Waals surface area contributed by atoms with Gasteiger partial charge in [0.25, 0.3) is 11.8 Å². The van der Waals surface area contributed by atoms with Crippen LogP contribution in [0.3, 0.4) is 0 Å². The molecule has 0 unspecified atom stereocenters. The first-order valence-electron chi connectivity index (χ1n) is 16.2. The van der Waals surface area contributed by atoms with Crippen molar-refractivity contribution in [1.29, 1.82) is 0 Å². The van der Waals surface area contributed by atoms with E-state index in [1.54, 1.807) is 17.0 Å². The molecule has 8 nitrogen and oxygen atoms in total. The number of rotatable bonds is 15. The minimum Gasteiger partial charge on any atom is -0.445 e. The number of aromatic nitrogens is 1. The van der Waals surface area contributed by atoms with Crippen LogP contribution in [-0.2, 0) is 13.0 Å². The van der Waals surface area contributed by atoms with Crippen LogP contribution >= 0.6 is 0 Å². The van der Waals surface area contributed by atoms with Gasteiger partial charge in [0.15, 0.2) is 0 Å². The van der Waals surface area contributed by atoms with Gasteiger partial charge in [-0.25, -0.2) is 13.8 Å². The maximum Gasteiger partial charge on any atom is 0.253 e. The Bertz CT molecular complexity index is 1820. The van der Waals surface area contributed by atoms with E-state index in [1.807, 2.05) is 50.2 Å². The van der Waals surface area contributed by atoms with Crippen molar-refractivity contribution in [3.8, 4) is 11.5 Å². The Balaban J connectivity index is 1.39. The van der Waals surface area contributed by atoms with Crippen molar-refractivity contribution < 1.29 is 27.9 Å². The summed E-state index contributed by atoms with van der Waals surface area (Å²) in [6.45, 7) is 5.63. The van der Waals surface area contributed by atoms with E-state index in [-0.39, 0.29) is 35.9 Å². The Hall–Kier alpha value is -4.93. The molecule has 1 heterocycles. The van der Waals surface area contributed by atoms with Crippen LogP contribution in [0.25, 0.3) is 22.2 Å². The molecule has 250 valence electrons. The van der Waals surface area contributed by atoms with Crippen LogP contribution in [-0.4, -0.2) is 58.6 Å². The molecule has 0 saturated heterocycles. The third kappa shape index (κ3) is 8.90. The number of halogens is 2. The predicted octanol–water partition coefficient (Wildman–Crippen LogP) is 6.53. The Kier molecular flexibility index (Phi) is 11.7. The fraction of sp³-hybridized carbons (Fsp3) is 0.289. The molecule has 2 amide bonds. The monoisotopic (exact) mass is 654 g/mol. The number of benzene rings is 4. The Morgan fingerprint density at radius 2 is 1.58 bits per heavy atom. The first kappa shape index (κ1) is 34.4. The van der Waals surface area contributed by atoms with Crippen LogP contribution in [0.5, 0.6) is 0 Å². The number of aliphatic hydroxyl groups is 1. The molecular weight excluding hydrogens is 614 g/mol. The second kappa shape index (κ2) is 16.3. The molecule has 48 heavy (non-hydrogen) atoms. The van der Waals surface area contributed by atoms with Crippen molar-refractivity contribution in [2.45, 2.75) is 51.8 Å². The lowest BCUT2D eigenvalue weighted by molar-refractivity contribution is 0.0755. The molecule has 4 aromatic carbocycles. The highest BCUT2D eigenvalue weighted by molar-refractivity contribution is 6.01. The molecule has 0 aliphatic heterocycles. The zero-order chi connectivity index (χ0) is 34.0. The second-order valence-electron chi connectivity index (χ2n) is 11.9. The van der Waals surface area contributed by atoms with Crippen molar-refractivity contribution in [2.24, 2.45) is 0 Å². The third-order valence-corrected chi connectivity index (χ3v) is 8.05. The molecule has 0 bridgehead atoms. The van der Waals surface area contributed by atoms with Gasteiger partial charge in [-0.05, 0) is 77.6 Å². The largest absolute Gasteiger partial charge is 0.445 e. The highest BCUT2D eigenvalue weighted by Crippen LogP contribution is 2.23. The van der Waals surface area contributed by atoms with E-state index in [2.05, 4.69) is 21.7 Å². The summed E-state index contributed by atoms with van der Waals surface area (Å²) in [6, 6.07) is 21.0. The number of hydrogen-bond donors (Lipinski definition) is 3. The molecule has 10 heteroatoms. The molecule has 0 fully saturated rings. The van der Waals surface area contributed by atoms with Gasteiger partial charge in [-0.2, -0.15) is 0 Å².